The number of nitrogens with one attached hydrogen (secondary N) is 1. The topological polar surface area (TPSA) is 68.0 Å². The number of aromatic nitrogens is 2. The molecule has 0 saturated carbocycles. The lowest BCUT2D eigenvalue weighted by Crippen LogP contribution is -2.14. The van der Waals surface area contributed by atoms with Crippen LogP contribution >= 0.6 is 15.9 Å². The number of hydrogen-bond acceptors (Lipinski definition) is 4. The number of carbonyl (C=O) groups is 1. The van der Waals surface area contributed by atoms with E-state index >= 15 is 0 Å². The van der Waals surface area contributed by atoms with E-state index in [1.54, 1.807) is 31.3 Å². The van der Waals surface area contributed by atoms with Crippen LogP contribution in [0.5, 0.6) is 0 Å². The lowest BCUT2D eigenvalue weighted by molar-refractivity contribution is -0.115. The van der Waals surface area contributed by atoms with Crippen LogP contribution in [0.25, 0.3) is 0 Å². The summed E-state index contributed by atoms with van der Waals surface area (Å²) in [5.41, 5.74) is 1.27. The Morgan fingerprint density at radius 1 is 1.53 bits per heavy atom. The molecule has 1 amide bonds. The molecule has 0 atom stereocenters. The largest absolute Gasteiger partial charge is 0.361 e. The lowest BCUT2D eigenvalue weighted by atomic mass is 10.2. The minimum Gasteiger partial charge on any atom is -0.361 e. The molecule has 0 unspecified atom stereocenters. The molecule has 0 aliphatic heterocycles. The van der Waals surface area contributed by atoms with Crippen molar-refractivity contribution in [2.45, 2.75) is 13.3 Å². The van der Waals surface area contributed by atoms with Gasteiger partial charge in [-0.2, -0.15) is 0 Å². The third kappa shape index (κ3) is 3.39. The first-order valence-electron chi connectivity index (χ1n) is 4.97. The zero-order chi connectivity index (χ0) is 12.3. The first-order valence-corrected chi connectivity index (χ1v) is 5.76. The fourth-order valence-corrected chi connectivity index (χ4v) is 1.56. The van der Waals surface area contributed by atoms with E-state index in [9.17, 15) is 4.79 Å². The number of amides is 1. The van der Waals surface area contributed by atoms with E-state index in [0.29, 0.717) is 17.1 Å². The van der Waals surface area contributed by atoms with E-state index in [1.807, 2.05) is 0 Å². The number of nitrogens with zero attached hydrogens (tertiary/aromatic N) is 2. The first-order chi connectivity index (χ1) is 8.13. The standard InChI is InChI=1S/C11H10BrN3O2/c1-7-4-9(15-17-7)5-11(16)14-8-2-3-10(12)13-6-8/h2-4,6H,5H2,1H3,(H,14,16). The predicted octanol–water partition coefficient (Wildman–Crippen LogP) is 2.32. The smallest absolute Gasteiger partial charge is 0.230 e. The summed E-state index contributed by atoms with van der Waals surface area (Å²) >= 11 is 3.22. The second-order valence-corrected chi connectivity index (χ2v) is 4.34. The highest BCUT2D eigenvalue weighted by molar-refractivity contribution is 9.10. The molecule has 0 spiro atoms. The van der Waals surface area contributed by atoms with Crippen LogP contribution in [-0.4, -0.2) is 16.0 Å². The minimum absolute atomic E-state index is 0.151. The summed E-state index contributed by atoms with van der Waals surface area (Å²) < 4.78 is 5.61. The molecule has 17 heavy (non-hydrogen) atoms. The van der Waals surface area contributed by atoms with Gasteiger partial charge in [-0.05, 0) is 35.0 Å². The van der Waals surface area contributed by atoms with Crippen molar-refractivity contribution in [3.8, 4) is 0 Å². The van der Waals surface area contributed by atoms with Crippen LogP contribution in [0.4, 0.5) is 5.69 Å². The molecule has 0 saturated heterocycles. The third-order valence-electron chi connectivity index (χ3n) is 2.03. The fraction of sp³-hybridized carbons (Fsp3) is 0.182. The van der Waals surface area contributed by atoms with Gasteiger partial charge in [0, 0.05) is 6.07 Å². The Hall–Kier alpha value is -1.69. The van der Waals surface area contributed by atoms with Gasteiger partial charge in [0.1, 0.15) is 10.4 Å². The molecule has 0 aliphatic carbocycles. The Balaban J connectivity index is 1.95. The van der Waals surface area contributed by atoms with Crippen molar-refractivity contribution in [2.75, 3.05) is 5.32 Å². The monoisotopic (exact) mass is 295 g/mol. The number of carbonyl (C=O) groups excluding carboxylic acids is 1. The van der Waals surface area contributed by atoms with Gasteiger partial charge in [0.2, 0.25) is 5.91 Å². The number of hydrogen-bond donors (Lipinski definition) is 1. The quantitative estimate of drug-likeness (QED) is 0.883. The number of pyridine rings is 1. The van der Waals surface area contributed by atoms with Crippen molar-refractivity contribution in [1.29, 1.82) is 0 Å². The average Bonchev–Trinajstić information content (AvgIpc) is 2.67. The van der Waals surface area contributed by atoms with Crippen LogP contribution in [0.3, 0.4) is 0 Å². The molecule has 0 bridgehead atoms. The lowest BCUT2D eigenvalue weighted by Gasteiger charge is -2.02. The summed E-state index contributed by atoms with van der Waals surface area (Å²) in [5.74, 6) is 0.542. The molecule has 1 N–H and O–H groups in total. The Bertz CT molecular complexity index is 522. The highest BCUT2D eigenvalue weighted by Gasteiger charge is 2.07. The Morgan fingerprint density at radius 3 is 2.94 bits per heavy atom. The van der Waals surface area contributed by atoms with Crippen molar-refractivity contribution in [3.63, 3.8) is 0 Å². The van der Waals surface area contributed by atoms with E-state index in [-0.39, 0.29) is 12.3 Å². The van der Waals surface area contributed by atoms with Crippen molar-refractivity contribution in [3.05, 3.63) is 40.5 Å². The molecule has 0 aliphatic rings. The molecule has 2 aromatic heterocycles. The molecule has 2 aromatic rings. The fourth-order valence-electron chi connectivity index (χ4n) is 1.32. The molecule has 6 heteroatoms. The molecule has 0 radical (unpaired) electrons. The normalized spacial score (nSPS) is 10.2. The second kappa shape index (κ2) is 5.09. The molecular formula is C11H10BrN3O2. The van der Waals surface area contributed by atoms with Gasteiger partial charge in [-0.15, -0.1) is 0 Å². The average molecular weight is 296 g/mol. The Kier molecular flexibility index (Phi) is 3.53. The van der Waals surface area contributed by atoms with Gasteiger partial charge in [0.25, 0.3) is 0 Å². The van der Waals surface area contributed by atoms with Crippen LogP contribution in [0, 0.1) is 6.92 Å². The van der Waals surface area contributed by atoms with Gasteiger partial charge in [-0.3, -0.25) is 4.79 Å². The van der Waals surface area contributed by atoms with Gasteiger partial charge in [0.05, 0.1) is 24.0 Å². The van der Waals surface area contributed by atoms with Gasteiger partial charge in [0.15, 0.2) is 0 Å². The molecule has 5 nitrogen and oxygen atoms in total. The summed E-state index contributed by atoms with van der Waals surface area (Å²) in [6, 6.07) is 5.26. The molecule has 0 aromatic carbocycles. The zero-order valence-corrected chi connectivity index (χ0v) is 10.7. The van der Waals surface area contributed by atoms with Gasteiger partial charge in [-0.25, -0.2) is 4.98 Å². The third-order valence-corrected chi connectivity index (χ3v) is 2.50. The number of anilines is 1. The summed E-state index contributed by atoms with van der Waals surface area (Å²) in [7, 11) is 0. The Morgan fingerprint density at radius 2 is 2.35 bits per heavy atom. The molecule has 2 heterocycles. The first kappa shape index (κ1) is 11.8. The van der Waals surface area contributed by atoms with Crippen LogP contribution in [-0.2, 0) is 11.2 Å². The molecule has 0 fully saturated rings. The van der Waals surface area contributed by atoms with Crippen molar-refractivity contribution in [2.24, 2.45) is 0 Å². The van der Waals surface area contributed by atoms with Gasteiger partial charge < -0.3 is 9.84 Å². The van der Waals surface area contributed by atoms with Crippen LogP contribution in [0.15, 0.2) is 33.5 Å². The molecular weight excluding hydrogens is 286 g/mol. The maximum Gasteiger partial charge on any atom is 0.230 e. The Labute approximate surface area is 106 Å². The highest BCUT2D eigenvalue weighted by atomic mass is 79.9. The summed E-state index contributed by atoms with van der Waals surface area (Å²) in [6.45, 7) is 1.78. The van der Waals surface area contributed by atoms with Crippen LogP contribution in [0.1, 0.15) is 11.5 Å². The molecule has 2 rings (SSSR count). The highest BCUT2D eigenvalue weighted by Crippen LogP contribution is 2.11. The van der Waals surface area contributed by atoms with E-state index in [4.69, 9.17) is 4.52 Å². The second-order valence-electron chi connectivity index (χ2n) is 3.52. The van der Waals surface area contributed by atoms with E-state index in [2.05, 4.69) is 31.4 Å². The minimum atomic E-state index is -0.151. The van der Waals surface area contributed by atoms with Crippen molar-refractivity contribution >= 4 is 27.5 Å². The van der Waals surface area contributed by atoms with E-state index in [1.165, 1.54) is 0 Å². The molecule has 88 valence electrons. The zero-order valence-electron chi connectivity index (χ0n) is 9.11. The summed E-state index contributed by atoms with van der Waals surface area (Å²) in [4.78, 5) is 15.7. The maximum absolute atomic E-state index is 11.6. The predicted molar refractivity (Wildman–Crippen MR) is 65.5 cm³/mol. The maximum atomic E-state index is 11.6. The summed E-state index contributed by atoms with van der Waals surface area (Å²) in [6.07, 6.45) is 1.77. The SMILES string of the molecule is Cc1cc(CC(=O)Nc2ccc(Br)nc2)no1. The van der Waals surface area contributed by atoms with Crippen molar-refractivity contribution in [1.82, 2.24) is 10.1 Å². The summed E-state index contributed by atoms with van der Waals surface area (Å²) in [5, 5.41) is 6.48. The number of aryl methyl sites for hydroxylation is 1. The van der Waals surface area contributed by atoms with E-state index in [0.717, 1.165) is 4.60 Å². The van der Waals surface area contributed by atoms with Gasteiger partial charge >= 0.3 is 0 Å². The van der Waals surface area contributed by atoms with E-state index < -0.39 is 0 Å². The van der Waals surface area contributed by atoms with Gasteiger partial charge in [-0.1, -0.05) is 5.16 Å². The number of halogens is 1. The number of rotatable bonds is 3. The van der Waals surface area contributed by atoms with Crippen LogP contribution in [0.2, 0.25) is 0 Å². The van der Waals surface area contributed by atoms with Crippen molar-refractivity contribution < 1.29 is 9.32 Å². The van der Waals surface area contributed by atoms with Crippen LogP contribution < -0.4 is 5.32 Å².